The van der Waals surface area contributed by atoms with Crippen LogP contribution in [0.4, 0.5) is 0 Å². The van der Waals surface area contributed by atoms with E-state index in [1.165, 1.54) is 9.13 Å². The van der Waals surface area contributed by atoms with Crippen molar-refractivity contribution in [2.45, 2.75) is 12.3 Å². The number of rotatable bonds is 2. The molecule has 0 aromatic heterocycles. The highest BCUT2D eigenvalue weighted by atomic mass is 127. The summed E-state index contributed by atoms with van der Waals surface area (Å²) in [4.78, 5) is 0. The second-order valence-corrected chi connectivity index (χ2v) is 7.23. The predicted octanol–water partition coefficient (Wildman–Crippen LogP) is 5.46. The first-order valence-electron chi connectivity index (χ1n) is 6.56. The summed E-state index contributed by atoms with van der Waals surface area (Å²) in [5, 5.41) is -0.234. The fourth-order valence-corrected chi connectivity index (χ4v) is 4.21. The molecular weight excluding hydrogens is 466 g/mol. The van der Waals surface area contributed by atoms with E-state index in [4.69, 9.17) is 21.1 Å². The lowest BCUT2D eigenvalue weighted by Gasteiger charge is -2.22. The number of hydrogen-bond acceptors (Lipinski definition) is 2. The van der Waals surface area contributed by atoms with Crippen LogP contribution >= 0.6 is 50.1 Å². The molecular formula is C16H13BrClIO2. The van der Waals surface area contributed by atoms with Crippen molar-refractivity contribution in [3.8, 4) is 11.5 Å². The number of halogens is 3. The van der Waals surface area contributed by atoms with Crippen LogP contribution in [-0.2, 0) is 0 Å². The van der Waals surface area contributed by atoms with E-state index >= 15 is 0 Å². The van der Waals surface area contributed by atoms with E-state index in [0.717, 1.165) is 27.1 Å². The smallest absolute Gasteiger partial charge is 0.162 e. The van der Waals surface area contributed by atoms with E-state index < -0.39 is 0 Å². The summed E-state index contributed by atoms with van der Waals surface area (Å²) in [6, 6.07) is 10.1. The lowest BCUT2D eigenvalue weighted by Crippen LogP contribution is -2.15. The van der Waals surface area contributed by atoms with Crippen molar-refractivity contribution in [2.24, 2.45) is 0 Å². The Morgan fingerprint density at radius 1 is 1.14 bits per heavy atom. The largest absolute Gasteiger partial charge is 0.486 e. The van der Waals surface area contributed by atoms with E-state index in [9.17, 15) is 0 Å². The molecule has 0 spiro atoms. The van der Waals surface area contributed by atoms with Crippen molar-refractivity contribution in [3.05, 3.63) is 55.1 Å². The average Bonchev–Trinajstić information content (AvgIpc) is 2.48. The van der Waals surface area contributed by atoms with Crippen LogP contribution in [0.1, 0.15) is 22.1 Å². The Bertz CT molecular complexity index is 690. The normalized spacial score (nSPS) is 14.9. The molecule has 0 saturated heterocycles. The summed E-state index contributed by atoms with van der Waals surface area (Å²) >= 11 is 12.7. The van der Waals surface area contributed by atoms with Crippen LogP contribution in [-0.4, -0.2) is 13.2 Å². The van der Waals surface area contributed by atoms with E-state index in [1.54, 1.807) is 0 Å². The number of benzene rings is 2. The molecule has 1 aliphatic rings. The third kappa shape index (κ3) is 3.03. The number of alkyl halides is 1. The Hall–Kier alpha value is -0.460. The Morgan fingerprint density at radius 2 is 1.81 bits per heavy atom. The van der Waals surface area contributed by atoms with Crippen molar-refractivity contribution < 1.29 is 9.47 Å². The molecule has 1 aliphatic heterocycles. The molecule has 0 fully saturated rings. The van der Waals surface area contributed by atoms with Gasteiger partial charge in [0, 0.05) is 8.04 Å². The fourth-order valence-electron chi connectivity index (χ4n) is 2.31. The van der Waals surface area contributed by atoms with Gasteiger partial charge in [0.05, 0.1) is 5.38 Å². The van der Waals surface area contributed by atoms with Gasteiger partial charge in [0.25, 0.3) is 0 Å². The van der Waals surface area contributed by atoms with Crippen molar-refractivity contribution in [1.82, 2.24) is 0 Å². The maximum Gasteiger partial charge on any atom is 0.162 e. The lowest BCUT2D eigenvalue weighted by molar-refractivity contribution is 0.171. The molecule has 2 aromatic rings. The van der Waals surface area contributed by atoms with Gasteiger partial charge >= 0.3 is 0 Å². The van der Waals surface area contributed by atoms with Crippen LogP contribution in [0, 0.1) is 10.5 Å². The van der Waals surface area contributed by atoms with E-state index in [0.29, 0.717) is 13.2 Å². The highest BCUT2D eigenvalue weighted by molar-refractivity contribution is 14.1. The zero-order chi connectivity index (χ0) is 15.0. The summed E-state index contributed by atoms with van der Waals surface area (Å²) < 4.78 is 13.4. The lowest BCUT2D eigenvalue weighted by atomic mass is 10.0. The van der Waals surface area contributed by atoms with Gasteiger partial charge in [-0.3, -0.25) is 0 Å². The summed E-state index contributed by atoms with van der Waals surface area (Å²) in [6.45, 7) is 3.25. The summed E-state index contributed by atoms with van der Waals surface area (Å²) in [7, 11) is 0. The third-order valence-electron chi connectivity index (χ3n) is 3.43. The molecule has 0 N–H and O–H groups in total. The minimum atomic E-state index is -0.234. The molecule has 1 atom stereocenters. The maximum absolute atomic E-state index is 6.73. The SMILES string of the molecule is Cc1cccc(C(Cl)c2cc3c(cc2Br)OCCO3)c1I. The topological polar surface area (TPSA) is 18.5 Å². The van der Waals surface area contributed by atoms with Crippen molar-refractivity contribution in [3.63, 3.8) is 0 Å². The minimum Gasteiger partial charge on any atom is -0.486 e. The van der Waals surface area contributed by atoms with E-state index in [1.807, 2.05) is 18.2 Å². The Balaban J connectivity index is 2.05. The molecule has 2 aromatic carbocycles. The molecule has 0 amide bonds. The first-order chi connectivity index (χ1) is 10.1. The molecule has 21 heavy (non-hydrogen) atoms. The number of ether oxygens (including phenoxy) is 2. The van der Waals surface area contributed by atoms with Crippen LogP contribution in [0.15, 0.2) is 34.8 Å². The van der Waals surface area contributed by atoms with Gasteiger partial charge in [0.15, 0.2) is 11.5 Å². The summed E-state index contributed by atoms with van der Waals surface area (Å²) in [6.07, 6.45) is 0. The molecule has 0 aliphatic carbocycles. The summed E-state index contributed by atoms with van der Waals surface area (Å²) in [5.74, 6) is 1.52. The molecule has 3 rings (SSSR count). The Kier molecular flexibility index (Phi) is 4.66. The number of hydrogen-bond donors (Lipinski definition) is 0. The number of fused-ring (bicyclic) bond motifs is 1. The van der Waals surface area contributed by atoms with Gasteiger partial charge in [-0.1, -0.05) is 34.1 Å². The van der Waals surface area contributed by atoms with Crippen LogP contribution in [0.2, 0.25) is 0 Å². The maximum atomic E-state index is 6.73. The first-order valence-corrected chi connectivity index (χ1v) is 8.87. The van der Waals surface area contributed by atoms with Gasteiger partial charge in [-0.05, 0) is 58.3 Å². The second-order valence-electron chi connectivity index (χ2n) is 4.86. The number of aryl methyl sites for hydroxylation is 1. The predicted molar refractivity (Wildman–Crippen MR) is 96.7 cm³/mol. The molecule has 2 nitrogen and oxygen atoms in total. The average molecular weight is 480 g/mol. The quantitative estimate of drug-likeness (QED) is 0.421. The Morgan fingerprint density at radius 3 is 2.52 bits per heavy atom. The van der Waals surface area contributed by atoms with Gasteiger partial charge in [-0.15, -0.1) is 11.6 Å². The van der Waals surface area contributed by atoms with Gasteiger partial charge < -0.3 is 9.47 Å². The summed E-state index contributed by atoms with van der Waals surface area (Å²) in [5.41, 5.74) is 3.33. The van der Waals surface area contributed by atoms with Crippen molar-refractivity contribution in [2.75, 3.05) is 13.2 Å². The molecule has 5 heteroatoms. The van der Waals surface area contributed by atoms with Crippen LogP contribution in [0.3, 0.4) is 0 Å². The minimum absolute atomic E-state index is 0.234. The van der Waals surface area contributed by atoms with Crippen molar-refractivity contribution in [1.29, 1.82) is 0 Å². The molecule has 0 radical (unpaired) electrons. The molecule has 1 unspecified atom stereocenters. The van der Waals surface area contributed by atoms with E-state index in [2.05, 4.69) is 57.6 Å². The Labute approximate surface area is 151 Å². The van der Waals surface area contributed by atoms with Gasteiger partial charge in [-0.2, -0.15) is 0 Å². The van der Waals surface area contributed by atoms with Crippen molar-refractivity contribution >= 4 is 50.1 Å². The van der Waals surface area contributed by atoms with Gasteiger partial charge in [0.1, 0.15) is 13.2 Å². The van der Waals surface area contributed by atoms with Gasteiger partial charge in [0.2, 0.25) is 0 Å². The standard InChI is InChI=1S/C16H13BrClIO2/c1-9-3-2-4-10(16(9)19)15(18)11-7-13-14(8-12(11)17)21-6-5-20-13/h2-4,7-8,15H,5-6H2,1H3. The molecule has 110 valence electrons. The zero-order valence-electron chi connectivity index (χ0n) is 11.3. The molecule has 0 bridgehead atoms. The zero-order valence-corrected chi connectivity index (χ0v) is 15.8. The van der Waals surface area contributed by atoms with Crippen LogP contribution < -0.4 is 9.47 Å². The molecule has 0 saturated carbocycles. The first kappa shape index (κ1) is 15.4. The second kappa shape index (κ2) is 6.34. The third-order valence-corrected chi connectivity index (χ3v) is 6.06. The monoisotopic (exact) mass is 478 g/mol. The van der Waals surface area contributed by atoms with Crippen LogP contribution in [0.5, 0.6) is 11.5 Å². The highest BCUT2D eigenvalue weighted by Crippen LogP contribution is 2.42. The molecule has 1 heterocycles. The fraction of sp³-hybridized carbons (Fsp3) is 0.250. The van der Waals surface area contributed by atoms with Crippen LogP contribution in [0.25, 0.3) is 0 Å². The van der Waals surface area contributed by atoms with E-state index in [-0.39, 0.29) is 5.38 Å². The highest BCUT2D eigenvalue weighted by Gasteiger charge is 2.22. The van der Waals surface area contributed by atoms with Gasteiger partial charge in [-0.25, -0.2) is 0 Å².